The molecular weight excluding hydrogens is 121 g/mol. The van der Waals surface area contributed by atoms with Crippen molar-refractivity contribution in [1.29, 1.82) is 0 Å². The maximum atomic E-state index is 10.5. The predicted molar refractivity (Wildman–Crippen MR) is 33.8 cm³/mol. The molecule has 0 unspecified atom stereocenters. The molecule has 1 amide bonds. The Hall–Kier alpha value is -0.100. The molecule has 1 aliphatic rings. The first-order valence-electron chi connectivity index (χ1n) is 2.54. The third kappa shape index (κ3) is 1.45. The van der Waals surface area contributed by atoms with Crippen LogP contribution >= 0.6 is 9.90 Å². The van der Waals surface area contributed by atoms with Crippen molar-refractivity contribution >= 4 is 15.8 Å². The van der Waals surface area contributed by atoms with Gasteiger partial charge in [-0.1, -0.05) is 0 Å². The molecule has 3 radical (unpaired) electrons. The summed E-state index contributed by atoms with van der Waals surface area (Å²) in [6.07, 6.45) is 1.81. The Bertz CT molecular complexity index is 94.4. The number of nitrogens with zero attached hydrogens (tertiary/aromatic N) is 1. The second-order valence-corrected chi connectivity index (χ2v) is 1.92. The minimum absolute atomic E-state index is 0. The largest absolute Gasteiger partial charge is 0.346 e. The summed E-state index contributed by atoms with van der Waals surface area (Å²) in [5, 5.41) is 0. The van der Waals surface area contributed by atoms with Crippen molar-refractivity contribution in [3.8, 4) is 0 Å². The molecule has 0 saturated carbocycles. The topological polar surface area (TPSA) is 20.3 Å². The Balaban J connectivity index is 0.000000490. The van der Waals surface area contributed by atoms with E-state index < -0.39 is 0 Å². The Morgan fingerprint density at radius 3 is 2.38 bits per heavy atom. The van der Waals surface area contributed by atoms with E-state index in [1.54, 1.807) is 4.90 Å². The molecule has 8 heavy (non-hydrogen) atoms. The van der Waals surface area contributed by atoms with Crippen LogP contribution in [0.25, 0.3) is 0 Å². The van der Waals surface area contributed by atoms with Gasteiger partial charge in [-0.05, 0) is 6.42 Å². The molecule has 0 aromatic heterocycles. The summed E-state index contributed by atoms with van der Waals surface area (Å²) in [6, 6.07) is 0. The van der Waals surface area contributed by atoms with Crippen molar-refractivity contribution in [1.82, 2.24) is 4.90 Å². The lowest BCUT2D eigenvalue weighted by molar-refractivity contribution is -0.126. The van der Waals surface area contributed by atoms with Crippen LogP contribution in [0.5, 0.6) is 0 Å². The fourth-order valence-corrected chi connectivity index (χ4v) is 0.783. The summed E-state index contributed by atoms with van der Waals surface area (Å²) < 4.78 is 0. The molecule has 1 heterocycles. The van der Waals surface area contributed by atoms with E-state index in [0.29, 0.717) is 5.91 Å². The maximum Gasteiger partial charge on any atom is 0.222 e. The van der Waals surface area contributed by atoms with E-state index in [1.807, 2.05) is 7.05 Å². The van der Waals surface area contributed by atoms with Crippen molar-refractivity contribution in [3.63, 3.8) is 0 Å². The molecule has 0 N–H and O–H groups in total. The van der Waals surface area contributed by atoms with Gasteiger partial charge in [0, 0.05) is 29.9 Å². The Kier molecular flexibility index (Phi) is 2.99. The molecule has 0 spiro atoms. The Labute approximate surface area is 52.9 Å². The lowest BCUT2D eigenvalue weighted by Crippen LogP contribution is -2.17. The highest BCUT2D eigenvalue weighted by molar-refractivity contribution is 6.92. The smallest absolute Gasteiger partial charge is 0.222 e. The van der Waals surface area contributed by atoms with Crippen molar-refractivity contribution in [2.24, 2.45) is 0 Å². The van der Waals surface area contributed by atoms with Crippen LogP contribution in [0.15, 0.2) is 0 Å². The standard InChI is InChI=1S/C5H9NO.P/c1-6-4-2-3-5(6)7;/h2-4H2,1H3;. The highest BCUT2D eigenvalue weighted by Crippen LogP contribution is 2.04. The zero-order chi connectivity index (χ0) is 5.28. The zero-order valence-corrected chi connectivity index (χ0v) is 5.82. The molecule has 1 aliphatic heterocycles. The summed E-state index contributed by atoms with van der Waals surface area (Å²) in [7, 11) is 1.84. The molecule has 2 nitrogen and oxygen atoms in total. The summed E-state index contributed by atoms with van der Waals surface area (Å²) >= 11 is 0. The van der Waals surface area contributed by atoms with Gasteiger partial charge in [0.05, 0.1) is 0 Å². The molecule has 1 saturated heterocycles. The maximum absolute atomic E-state index is 10.5. The SMILES string of the molecule is CN1CCCC1=O.[P]. The van der Waals surface area contributed by atoms with Crippen LogP contribution in [-0.2, 0) is 4.79 Å². The van der Waals surface area contributed by atoms with Crippen LogP contribution in [0.1, 0.15) is 12.8 Å². The second-order valence-electron chi connectivity index (χ2n) is 1.92. The molecule has 0 aliphatic carbocycles. The van der Waals surface area contributed by atoms with Gasteiger partial charge in [-0.2, -0.15) is 0 Å². The fourth-order valence-electron chi connectivity index (χ4n) is 0.783. The quantitative estimate of drug-likeness (QED) is 0.449. The predicted octanol–water partition coefficient (Wildman–Crippen LogP) is 1.10. The van der Waals surface area contributed by atoms with Crippen LogP contribution in [0.2, 0.25) is 0 Å². The van der Waals surface area contributed by atoms with Crippen LogP contribution in [0.3, 0.4) is 0 Å². The third-order valence-corrected chi connectivity index (χ3v) is 1.31. The molecule has 0 atom stereocenters. The summed E-state index contributed by atoms with van der Waals surface area (Å²) in [6.45, 7) is 0.957. The van der Waals surface area contributed by atoms with E-state index in [-0.39, 0.29) is 9.90 Å². The minimum Gasteiger partial charge on any atom is -0.346 e. The number of hydrogen-bond donors (Lipinski definition) is 0. The van der Waals surface area contributed by atoms with Gasteiger partial charge in [0.15, 0.2) is 0 Å². The average Bonchev–Trinajstić information content (AvgIpc) is 1.91. The van der Waals surface area contributed by atoms with Crippen molar-refractivity contribution in [2.45, 2.75) is 12.8 Å². The lowest BCUT2D eigenvalue weighted by atomic mass is 10.4. The second kappa shape index (κ2) is 3.03. The Morgan fingerprint density at radius 2 is 2.25 bits per heavy atom. The van der Waals surface area contributed by atoms with E-state index in [1.165, 1.54) is 0 Å². The summed E-state index contributed by atoms with van der Waals surface area (Å²) in [5.41, 5.74) is 0. The van der Waals surface area contributed by atoms with Gasteiger partial charge >= 0.3 is 0 Å². The minimum atomic E-state index is 0. The number of carbonyl (C=O) groups excluding carboxylic acids is 1. The molecule has 0 aromatic carbocycles. The van der Waals surface area contributed by atoms with Gasteiger partial charge < -0.3 is 4.90 Å². The first-order chi connectivity index (χ1) is 3.30. The lowest BCUT2D eigenvalue weighted by Gasteiger charge is -2.03. The molecule has 3 heteroatoms. The van der Waals surface area contributed by atoms with Gasteiger partial charge in [0.1, 0.15) is 0 Å². The van der Waals surface area contributed by atoms with E-state index in [4.69, 9.17) is 0 Å². The van der Waals surface area contributed by atoms with Gasteiger partial charge in [0.25, 0.3) is 0 Å². The fraction of sp³-hybridized carbons (Fsp3) is 0.800. The summed E-state index contributed by atoms with van der Waals surface area (Å²) in [5.74, 6) is 0.292. The van der Waals surface area contributed by atoms with Crippen molar-refractivity contribution < 1.29 is 4.79 Å². The van der Waals surface area contributed by atoms with Crippen LogP contribution in [0, 0.1) is 0 Å². The van der Waals surface area contributed by atoms with Crippen molar-refractivity contribution in [3.05, 3.63) is 0 Å². The van der Waals surface area contributed by atoms with Gasteiger partial charge in [-0.3, -0.25) is 4.79 Å². The van der Waals surface area contributed by atoms with Crippen LogP contribution in [0.4, 0.5) is 0 Å². The van der Waals surface area contributed by atoms with E-state index in [2.05, 4.69) is 0 Å². The Morgan fingerprint density at radius 1 is 1.62 bits per heavy atom. The van der Waals surface area contributed by atoms with E-state index in [9.17, 15) is 4.79 Å². The number of likely N-dealkylation sites (tertiary alicyclic amines) is 1. The highest BCUT2D eigenvalue weighted by atomic mass is 31.0. The molecule has 0 bridgehead atoms. The molecule has 1 rings (SSSR count). The highest BCUT2D eigenvalue weighted by Gasteiger charge is 2.14. The number of rotatable bonds is 0. The first-order valence-corrected chi connectivity index (χ1v) is 2.54. The van der Waals surface area contributed by atoms with Crippen LogP contribution in [-0.4, -0.2) is 24.4 Å². The van der Waals surface area contributed by atoms with Crippen LogP contribution < -0.4 is 0 Å². The summed E-state index contributed by atoms with van der Waals surface area (Å²) in [4.78, 5) is 12.3. The van der Waals surface area contributed by atoms with E-state index in [0.717, 1.165) is 19.4 Å². The zero-order valence-electron chi connectivity index (χ0n) is 4.92. The van der Waals surface area contributed by atoms with Gasteiger partial charge in [0.2, 0.25) is 5.91 Å². The van der Waals surface area contributed by atoms with Crippen molar-refractivity contribution in [2.75, 3.05) is 13.6 Å². The molecule has 1 fully saturated rings. The van der Waals surface area contributed by atoms with Gasteiger partial charge in [-0.25, -0.2) is 0 Å². The monoisotopic (exact) mass is 130 g/mol. The van der Waals surface area contributed by atoms with Gasteiger partial charge in [-0.15, -0.1) is 0 Å². The number of amides is 1. The normalized spacial score (nSPS) is 18.6. The van der Waals surface area contributed by atoms with E-state index >= 15 is 0 Å². The average molecular weight is 130 g/mol. The number of carbonyl (C=O) groups is 1. The molecular formula is C5H9NOP. The first kappa shape index (κ1) is 7.90. The third-order valence-electron chi connectivity index (χ3n) is 1.31. The molecule has 45 valence electrons. The molecule has 0 aromatic rings. The number of hydrogen-bond acceptors (Lipinski definition) is 1.